The van der Waals surface area contributed by atoms with Crippen molar-refractivity contribution in [2.24, 2.45) is 0 Å². The maximum absolute atomic E-state index is 12.4. The van der Waals surface area contributed by atoms with Crippen molar-refractivity contribution in [3.05, 3.63) is 0 Å². The van der Waals surface area contributed by atoms with Gasteiger partial charge in [0, 0.05) is 6.92 Å². The molecule has 1 unspecified atom stereocenters. The number of aliphatic hydroxyl groups is 28. The zero-order valence-corrected chi connectivity index (χ0v) is 54.2. The van der Waals surface area contributed by atoms with Gasteiger partial charge in [0.15, 0.2) is 56.6 Å². The van der Waals surface area contributed by atoms with Crippen LogP contribution in [0.25, 0.3) is 0 Å². The van der Waals surface area contributed by atoms with Crippen molar-refractivity contribution in [2.45, 2.75) is 283 Å². The zero-order chi connectivity index (χ0) is 75.6. The van der Waals surface area contributed by atoms with E-state index in [1.54, 1.807) is 0 Å². The first-order chi connectivity index (χ1) is 48.8. The number of hydrogen-bond acceptors (Lipinski definition) is 46. The molecule has 29 N–H and O–H groups in total. The van der Waals surface area contributed by atoms with Gasteiger partial charge >= 0.3 is 0 Å². The fourth-order valence-electron chi connectivity index (χ4n) is 13.1. The van der Waals surface area contributed by atoms with E-state index in [1.165, 1.54) is 0 Å². The molecule has 9 aliphatic rings. The van der Waals surface area contributed by atoms with Crippen LogP contribution >= 0.6 is 0 Å². The van der Waals surface area contributed by atoms with Gasteiger partial charge in [0.1, 0.15) is 220 Å². The second-order valence-electron chi connectivity index (χ2n) is 26.0. The molecule has 47 nitrogen and oxygen atoms in total. The summed E-state index contributed by atoms with van der Waals surface area (Å²) in [6.07, 6.45) is -93.7. The third-order valence-electron chi connectivity index (χ3n) is 19.1. The highest BCUT2D eigenvalue weighted by Gasteiger charge is 2.60. The Morgan fingerprint density at radius 2 is 0.505 bits per heavy atom. The summed E-state index contributed by atoms with van der Waals surface area (Å²) in [6.45, 7) is -8.75. The van der Waals surface area contributed by atoms with Crippen LogP contribution in [-0.4, -0.2) is 485 Å². The Morgan fingerprint density at radius 1 is 0.252 bits per heavy atom. The van der Waals surface area contributed by atoms with Crippen molar-refractivity contribution >= 4 is 5.91 Å². The van der Waals surface area contributed by atoms with Crippen molar-refractivity contribution in [3.63, 3.8) is 0 Å². The Hall–Kier alpha value is -2.33. The summed E-state index contributed by atoms with van der Waals surface area (Å²) in [5, 5.41) is 309. The Balaban J connectivity index is 1.05. The Kier molecular flexibility index (Phi) is 30.2. The van der Waals surface area contributed by atoms with Crippen LogP contribution in [0.15, 0.2) is 0 Å². The minimum Gasteiger partial charge on any atom is -0.394 e. The molecule has 103 heavy (non-hydrogen) atoms. The molecule has 47 heteroatoms. The number of aliphatic hydroxyl groups excluding tert-OH is 28. The summed E-state index contributed by atoms with van der Waals surface area (Å²) in [7, 11) is 0. The monoisotopic (exact) mass is 1520 g/mol. The first-order valence-corrected chi connectivity index (χ1v) is 32.7. The summed E-state index contributed by atoms with van der Waals surface area (Å²) in [6, 6.07) is -1.77. The molecule has 9 saturated heterocycles. The van der Waals surface area contributed by atoms with E-state index in [2.05, 4.69) is 5.32 Å². The highest BCUT2D eigenvalue weighted by atomic mass is 16.8. The molecular weight excluding hydrogens is 1420 g/mol. The SMILES string of the molecule is CC(=O)N[C@H]1C(O)O[C@H](CO)[C@@H](O[C@@H]2O[C@H](CO[C@H]3O[C@H](CO[C@H]4O[C@H](CO)[C@@H](O)[C@H](O)[C@@H]4O)[C@@H](O)[C@H](O[C@H]4O[C@H](CO)[C@@H](O)[C@@H](O)[C@@H]4O[C@H]4O[C@H](CO)[C@@H](O)[C@H](O)[C@@H]4O)[C@@H]3O)[C@@H](O)[C@H](O[C@H]3O[C@H](CO)[C@@H](O)[C@H](O)[C@@H]3O[C@H]3O[C@H](CO)[C@@H](O)[C@H](O)[C@@H]3O[C@H]3O[C@H](CO)[C@@H](O)[C@H](O)[C@@H]3O)[C@@H]2O)[C@@H]1O. The molecule has 1 amide bonds. The average Bonchev–Trinajstić information content (AvgIpc) is 0.770. The van der Waals surface area contributed by atoms with Gasteiger partial charge in [0.2, 0.25) is 5.91 Å². The highest BCUT2D eigenvalue weighted by molar-refractivity contribution is 5.73. The second-order valence-corrected chi connectivity index (χ2v) is 26.0. The summed E-state index contributed by atoms with van der Waals surface area (Å²) in [5.74, 6) is -0.857. The predicted octanol–water partition coefficient (Wildman–Crippen LogP) is -20.5. The van der Waals surface area contributed by atoms with E-state index in [9.17, 15) is 148 Å². The van der Waals surface area contributed by atoms with E-state index < -0.39 is 342 Å². The van der Waals surface area contributed by atoms with Crippen LogP contribution in [-0.2, 0) is 85.3 Å². The predicted molar refractivity (Wildman–Crippen MR) is 309 cm³/mol. The molecule has 0 aromatic rings. The summed E-state index contributed by atoms with van der Waals surface area (Å²) in [5.41, 5.74) is 0. The van der Waals surface area contributed by atoms with Gasteiger partial charge in [-0.25, -0.2) is 0 Å². The first-order valence-electron chi connectivity index (χ1n) is 32.7. The number of rotatable bonds is 26. The maximum atomic E-state index is 12.4. The molecule has 0 spiro atoms. The molecular formula is C56H95NO46. The standard InChI is InChI=1S/C56H95NO46/c1-11(65)57-21-30(74)42(18(8-64)89-48(21)86)98-53-41(85)44(100-55-47(36(80)27(71)16(6-62)94-55)103-56-46(35(79)26(70)17(7-63)95-56)102-52-39(83)33(77)24(68)14(4-60)92-52)29(73)20(97-53)10-88-50-40(84)43(28(72)19(96-50)9-87-49-37(81)31(75)22(66)12(2-58)90-49)99-54-45(34(78)25(69)15(5-61)93-54)101-51-38(82)32(76)23(67)13(3-59)91-51/h12-56,58-64,66-86H,2-10H2,1H3,(H,57,65)/t12-,13-,14-,15-,16-,17-,18-,19-,20-,21-,22-,23-,24-,25-,26-,27-,28-,29-,30-,31+,32+,33+,34-,35+,36+,37+,38+,39+,40+,41+,42-,43+,44+,45+,46+,47+,48?,49+,50+,51-,52-,53+,54-,55-,56-/m1/s1. The lowest BCUT2D eigenvalue weighted by Crippen LogP contribution is -2.69. The van der Waals surface area contributed by atoms with Crippen molar-refractivity contribution < 1.29 is 228 Å². The fourth-order valence-corrected chi connectivity index (χ4v) is 13.1. The lowest BCUT2D eigenvalue weighted by atomic mass is 9.94. The van der Waals surface area contributed by atoms with Gasteiger partial charge in [-0.2, -0.15) is 0 Å². The molecule has 9 rings (SSSR count). The number of ether oxygens (including phenoxy) is 17. The average molecular weight is 1520 g/mol. The van der Waals surface area contributed by atoms with E-state index in [0.29, 0.717) is 0 Å². The number of carbonyl (C=O) groups excluding carboxylic acids is 1. The van der Waals surface area contributed by atoms with Crippen molar-refractivity contribution in [2.75, 3.05) is 59.5 Å². The molecule has 9 heterocycles. The van der Waals surface area contributed by atoms with Gasteiger partial charge in [-0.1, -0.05) is 0 Å². The smallest absolute Gasteiger partial charge is 0.217 e. The molecule has 0 radical (unpaired) electrons. The van der Waals surface area contributed by atoms with E-state index >= 15 is 0 Å². The molecule has 0 aromatic carbocycles. The minimum absolute atomic E-state index is 0.857. The Labute approximate surface area is 581 Å². The van der Waals surface area contributed by atoms with Crippen LogP contribution in [0.2, 0.25) is 0 Å². The van der Waals surface area contributed by atoms with Crippen molar-refractivity contribution in [3.8, 4) is 0 Å². The molecule has 9 aliphatic heterocycles. The van der Waals surface area contributed by atoms with Crippen LogP contribution in [0.5, 0.6) is 0 Å². The topological polar surface area (TPSA) is 752 Å². The minimum atomic E-state index is -2.52. The van der Waals surface area contributed by atoms with Gasteiger partial charge in [0.25, 0.3) is 0 Å². The van der Waals surface area contributed by atoms with Crippen molar-refractivity contribution in [1.82, 2.24) is 5.32 Å². The number of nitrogens with one attached hydrogen (secondary N) is 1. The van der Waals surface area contributed by atoms with E-state index in [0.717, 1.165) is 6.92 Å². The van der Waals surface area contributed by atoms with Gasteiger partial charge in [-0.15, -0.1) is 0 Å². The number of hydrogen-bond donors (Lipinski definition) is 29. The van der Waals surface area contributed by atoms with Gasteiger partial charge in [-0.05, 0) is 0 Å². The largest absolute Gasteiger partial charge is 0.394 e. The van der Waals surface area contributed by atoms with Crippen LogP contribution in [0, 0.1) is 0 Å². The van der Waals surface area contributed by atoms with Crippen LogP contribution in [0.3, 0.4) is 0 Å². The van der Waals surface area contributed by atoms with Crippen LogP contribution in [0.4, 0.5) is 0 Å². The van der Waals surface area contributed by atoms with E-state index in [-0.39, 0.29) is 0 Å². The first kappa shape index (κ1) is 84.7. The summed E-state index contributed by atoms with van der Waals surface area (Å²) < 4.78 is 98.4. The number of carbonyl (C=O) groups is 1. The normalized spacial score (nSPS) is 52.4. The molecule has 0 bridgehead atoms. The second kappa shape index (κ2) is 36.7. The molecule has 9 fully saturated rings. The lowest BCUT2D eigenvalue weighted by molar-refractivity contribution is -0.408. The third-order valence-corrected chi connectivity index (χ3v) is 19.1. The summed E-state index contributed by atoms with van der Waals surface area (Å²) in [4.78, 5) is 12.3. The van der Waals surface area contributed by atoms with Gasteiger partial charge < -0.3 is 229 Å². The fraction of sp³-hybridized carbons (Fsp3) is 0.982. The van der Waals surface area contributed by atoms with E-state index in [1.807, 2.05) is 0 Å². The summed E-state index contributed by atoms with van der Waals surface area (Å²) >= 11 is 0. The Morgan fingerprint density at radius 3 is 0.854 bits per heavy atom. The van der Waals surface area contributed by atoms with Crippen LogP contribution in [0.1, 0.15) is 6.92 Å². The molecule has 600 valence electrons. The number of amides is 1. The maximum Gasteiger partial charge on any atom is 0.217 e. The molecule has 0 aliphatic carbocycles. The van der Waals surface area contributed by atoms with Crippen molar-refractivity contribution in [1.29, 1.82) is 0 Å². The van der Waals surface area contributed by atoms with E-state index in [4.69, 9.17) is 80.5 Å². The van der Waals surface area contributed by atoms with Gasteiger partial charge in [0.05, 0.1) is 59.5 Å². The zero-order valence-electron chi connectivity index (χ0n) is 54.2. The Bertz CT molecular complexity index is 2580. The van der Waals surface area contributed by atoms with Crippen LogP contribution < -0.4 is 5.32 Å². The molecule has 0 aromatic heterocycles. The lowest BCUT2D eigenvalue weighted by Gasteiger charge is -2.50. The highest BCUT2D eigenvalue weighted by Crippen LogP contribution is 2.40. The van der Waals surface area contributed by atoms with Gasteiger partial charge in [-0.3, -0.25) is 4.79 Å². The molecule has 45 atom stereocenters. The quantitative estimate of drug-likeness (QED) is 0.0382. The molecule has 0 saturated carbocycles. The third kappa shape index (κ3) is 18.0.